The van der Waals surface area contributed by atoms with Crippen LogP contribution in [0.3, 0.4) is 0 Å². The first kappa shape index (κ1) is 21.4. The fraction of sp³-hybridized carbons (Fsp3) is 0.167. The summed E-state index contributed by atoms with van der Waals surface area (Å²) in [6.45, 7) is 3.09. The number of amides is 1. The lowest BCUT2D eigenvalue weighted by Crippen LogP contribution is -2.17. The summed E-state index contributed by atoms with van der Waals surface area (Å²) in [4.78, 5) is 12.2. The van der Waals surface area contributed by atoms with E-state index in [4.69, 9.17) is 21.1 Å². The Bertz CT molecular complexity index is 986. The van der Waals surface area contributed by atoms with Gasteiger partial charge in [0.25, 0.3) is 5.91 Å². The van der Waals surface area contributed by atoms with Gasteiger partial charge in [-0.05, 0) is 66.6 Å². The van der Waals surface area contributed by atoms with E-state index in [1.165, 1.54) is 0 Å². The Hall–Kier alpha value is -3.31. The highest BCUT2D eigenvalue weighted by molar-refractivity contribution is 6.31. The van der Waals surface area contributed by atoms with Crippen molar-refractivity contribution in [3.63, 3.8) is 0 Å². The molecule has 0 atom stereocenters. The first-order valence-electron chi connectivity index (χ1n) is 9.68. The lowest BCUT2D eigenvalue weighted by Gasteiger charge is -2.07. The Kier molecular flexibility index (Phi) is 7.86. The van der Waals surface area contributed by atoms with Crippen LogP contribution in [-0.4, -0.2) is 18.7 Å². The maximum Gasteiger partial charge on any atom is 0.271 e. The molecule has 0 saturated carbocycles. The van der Waals surface area contributed by atoms with Gasteiger partial charge in [-0.3, -0.25) is 4.79 Å². The van der Waals surface area contributed by atoms with Crippen LogP contribution in [0.1, 0.15) is 34.8 Å². The number of hydrogen-bond donors (Lipinski definition) is 1. The van der Waals surface area contributed by atoms with Crippen molar-refractivity contribution in [3.05, 3.63) is 94.5 Å². The average Bonchev–Trinajstić information content (AvgIpc) is 2.78. The first-order valence-corrected chi connectivity index (χ1v) is 10.1. The molecule has 30 heavy (non-hydrogen) atoms. The van der Waals surface area contributed by atoms with E-state index in [2.05, 4.69) is 10.5 Å². The molecule has 0 radical (unpaired) electrons. The molecule has 154 valence electrons. The fourth-order valence-corrected chi connectivity index (χ4v) is 2.77. The predicted octanol–water partition coefficient (Wildman–Crippen LogP) is 5.47. The zero-order chi connectivity index (χ0) is 21.2. The van der Waals surface area contributed by atoms with Crippen LogP contribution in [0.5, 0.6) is 11.5 Å². The lowest BCUT2D eigenvalue weighted by molar-refractivity contribution is 0.0955. The van der Waals surface area contributed by atoms with Crippen molar-refractivity contribution in [3.8, 4) is 11.5 Å². The molecule has 3 aromatic carbocycles. The molecule has 1 N–H and O–H groups in total. The highest BCUT2D eigenvalue weighted by atomic mass is 35.5. The molecule has 0 saturated heterocycles. The zero-order valence-corrected chi connectivity index (χ0v) is 17.4. The van der Waals surface area contributed by atoms with Gasteiger partial charge in [0, 0.05) is 16.1 Å². The van der Waals surface area contributed by atoms with E-state index in [1.807, 2.05) is 55.5 Å². The summed E-state index contributed by atoms with van der Waals surface area (Å²) in [5.41, 5.74) is 4.80. The number of halogens is 1. The van der Waals surface area contributed by atoms with Crippen molar-refractivity contribution in [1.29, 1.82) is 0 Å². The summed E-state index contributed by atoms with van der Waals surface area (Å²) in [5, 5.41) is 4.69. The molecule has 1 amide bonds. The Balaban J connectivity index is 1.49. The van der Waals surface area contributed by atoms with Crippen molar-refractivity contribution in [1.82, 2.24) is 5.43 Å². The molecule has 3 aromatic rings. The SMILES string of the molecule is CCCOc1ccc(C(=O)N/N=C/c2ccc(OCc3ccccc3Cl)cc2)cc1. The third kappa shape index (κ3) is 6.36. The number of ether oxygens (including phenoxy) is 2. The monoisotopic (exact) mass is 422 g/mol. The summed E-state index contributed by atoms with van der Waals surface area (Å²) in [7, 11) is 0. The van der Waals surface area contributed by atoms with Crippen LogP contribution in [-0.2, 0) is 6.61 Å². The minimum Gasteiger partial charge on any atom is -0.494 e. The zero-order valence-electron chi connectivity index (χ0n) is 16.7. The van der Waals surface area contributed by atoms with Crippen LogP contribution < -0.4 is 14.9 Å². The summed E-state index contributed by atoms with van der Waals surface area (Å²) < 4.78 is 11.3. The van der Waals surface area contributed by atoms with Crippen molar-refractivity contribution in [2.75, 3.05) is 6.61 Å². The van der Waals surface area contributed by atoms with Crippen LogP contribution in [0.15, 0.2) is 77.9 Å². The molecule has 5 nitrogen and oxygen atoms in total. The number of rotatable bonds is 9. The molecule has 0 aliphatic carbocycles. The van der Waals surface area contributed by atoms with Crippen LogP contribution in [0.2, 0.25) is 5.02 Å². The summed E-state index contributed by atoms with van der Waals surface area (Å²) in [6, 6.07) is 21.9. The second kappa shape index (κ2) is 11.0. The van der Waals surface area contributed by atoms with E-state index < -0.39 is 0 Å². The molecule has 0 aliphatic heterocycles. The van der Waals surface area contributed by atoms with E-state index in [9.17, 15) is 4.79 Å². The van der Waals surface area contributed by atoms with Gasteiger partial charge < -0.3 is 9.47 Å². The molecule has 3 rings (SSSR count). The largest absolute Gasteiger partial charge is 0.494 e. The third-order valence-electron chi connectivity index (χ3n) is 4.20. The number of carbonyl (C=O) groups excluding carboxylic acids is 1. The van der Waals surface area contributed by atoms with Gasteiger partial charge >= 0.3 is 0 Å². The molecule has 0 unspecified atom stereocenters. The smallest absolute Gasteiger partial charge is 0.271 e. The number of hydrazone groups is 1. The Morgan fingerprint density at radius 1 is 0.967 bits per heavy atom. The van der Waals surface area contributed by atoms with Gasteiger partial charge in [-0.1, -0.05) is 36.7 Å². The van der Waals surface area contributed by atoms with E-state index in [-0.39, 0.29) is 5.91 Å². The molecule has 0 aromatic heterocycles. The fourth-order valence-electron chi connectivity index (χ4n) is 2.58. The molecule has 0 aliphatic rings. The normalized spacial score (nSPS) is 10.7. The standard InChI is InChI=1S/C24H23ClN2O3/c1-2-15-29-21-13-9-19(10-14-21)24(28)27-26-16-18-7-11-22(12-8-18)30-17-20-5-3-4-6-23(20)25/h3-14,16H,2,15,17H2,1H3,(H,27,28)/b26-16+. The highest BCUT2D eigenvalue weighted by Crippen LogP contribution is 2.18. The van der Waals surface area contributed by atoms with Gasteiger partial charge in [0.2, 0.25) is 0 Å². The van der Waals surface area contributed by atoms with Gasteiger partial charge in [-0.2, -0.15) is 5.10 Å². The average molecular weight is 423 g/mol. The number of carbonyl (C=O) groups is 1. The summed E-state index contributed by atoms with van der Waals surface area (Å²) in [6.07, 6.45) is 2.51. The van der Waals surface area contributed by atoms with E-state index >= 15 is 0 Å². The first-order chi connectivity index (χ1) is 14.7. The van der Waals surface area contributed by atoms with Crippen LogP contribution in [0.4, 0.5) is 0 Å². The van der Waals surface area contributed by atoms with Gasteiger partial charge in [0.15, 0.2) is 0 Å². The highest BCUT2D eigenvalue weighted by Gasteiger charge is 2.04. The van der Waals surface area contributed by atoms with Gasteiger partial charge in [0.05, 0.1) is 12.8 Å². The van der Waals surface area contributed by atoms with Gasteiger partial charge in [-0.15, -0.1) is 0 Å². The van der Waals surface area contributed by atoms with Crippen molar-refractivity contribution < 1.29 is 14.3 Å². The van der Waals surface area contributed by atoms with Crippen LogP contribution in [0.25, 0.3) is 0 Å². The molecule has 6 heteroatoms. The quantitative estimate of drug-likeness (QED) is 0.367. The minimum atomic E-state index is -0.284. The number of nitrogens with one attached hydrogen (secondary N) is 1. The Morgan fingerprint density at radius 2 is 1.63 bits per heavy atom. The van der Waals surface area contributed by atoms with Crippen molar-refractivity contribution >= 4 is 23.7 Å². The summed E-state index contributed by atoms with van der Waals surface area (Å²) in [5.74, 6) is 1.18. The topological polar surface area (TPSA) is 59.9 Å². The minimum absolute atomic E-state index is 0.284. The number of benzene rings is 3. The maximum absolute atomic E-state index is 12.2. The van der Waals surface area contributed by atoms with Gasteiger partial charge in [-0.25, -0.2) is 5.43 Å². The van der Waals surface area contributed by atoms with E-state index in [0.29, 0.717) is 23.8 Å². The second-order valence-corrected chi connectivity index (χ2v) is 6.93. The lowest BCUT2D eigenvalue weighted by atomic mass is 10.2. The van der Waals surface area contributed by atoms with E-state index in [0.717, 1.165) is 29.0 Å². The molecule has 0 heterocycles. The summed E-state index contributed by atoms with van der Waals surface area (Å²) >= 11 is 6.13. The van der Waals surface area contributed by atoms with Crippen LogP contribution in [0, 0.1) is 0 Å². The maximum atomic E-state index is 12.2. The number of hydrogen-bond acceptors (Lipinski definition) is 4. The molecule has 0 fully saturated rings. The third-order valence-corrected chi connectivity index (χ3v) is 4.57. The molecular weight excluding hydrogens is 400 g/mol. The van der Waals surface area contributed by atoms with E-state index in [1.54, 1.807) is 30.5 Å². The molecular formula is C24H23ClN2O3. The molecule has 0 bridgehead atoms. The number of nitrogens with zero attached hydrogens (tertiary/aromatic N) is 1. The predicted molar refractivity (Wildman–Crippen MR) is 120 cm³/mol. The van der Waals surface area contributed by atoms with Crippen molar-refractivity contribution in [2.45, 2.75) is 20.0 Å². The van der Waals surface area contributed by atoms with Crippen molar-refractivity contribution in [2.24, 2.45) is 5.10 Å². The Morgan fingerprint density at radius 3 is 2.33 bits per heavy atom. The van der Waals surface area contributed by atoms with Gasteiger partial charge in [0.1, 0.15) is 18.1 Å². The molecule has 0 spiro atoms. The second-order valence-electron chi connectivity index (χ2n) is 6.52. The van der Waals surface area contributed by atoms with Crippen LogP contribution >= 0.6 is 11.6 Å². The Labute approximate surface area is 181 Å².